The average molecular weight is 378 g/mol. The fourth-order valence-corrected chi connectivity index (χ4v) is 3.58. The topological polar surface area (TPSA) is 108 Å². The quantitative estimate of drug-likeness (QED) is 0.764. The maximum Gasteiger partial charge on any atom is 0.270 e. The van der Waals surface area contributed by atoms with E-state index >= 15 is 0 Å². The molecule has 0 spiro atoms. The van der Waals surface area contributed by atoms with Crippen LogP contribution in [0.15, 0.2) is 42.6 Å². The number of nitrogens with zero attached hydrogens (tertiary/aromatic N) is 2. The van der Waals surface area contributed by atoms with Crippen LogP contribution < -0.4 is 10.6 Å². The van der Waals surface area contributed by atoms with Gasteiger partial charge >= 0.3 is 0 Å². The van der Waals surface area contributed by atoms with Gasteiger partial charge in [-0.15, -0.1) is 0 Å². The molecular formula is C20H18N4O4. The number of carbonyl (C=O) groups is 4. The second kappa shape index (κ2) is 7.22. The number of nitrogens with one attached hydrogen (secondary N) is 2. The van der Waals surface area contributed by atoms with Gasteiger partial charge in [-0.1, -0.05) is 18.2 Å². The predicted molar refractivity (Wildman–Crippen MR) is 97.9 cm³/mol. The molecule has 1 fully saturated rings. The maximum atomic E-state index is 12.8. The number of rotatable bonds is 4. The molecule has 4 amide bonds. The van der Waals surface area contributed by atoms with E-state index in [1.807, 2.05) is 6.07 Å². The van der Waals surface area contributed by atoms with Crippen LogP contribution in [0.3, 0.4) is 0 Å². The fourth-order valence-electron chi connectivity index (χ4n) is 3.58. The Morgan fingerprint density at radius 2 is 2.04 bits per heavy atom. The minimum absolute atomic E-state index is 0.212. The highest BCUT2D eigenvalue weighted by Crippen LogP contribution is 2.29. The van der Waals surface area contributed by atoms with E-state index < -0.39 is 11.9 Å². The van der Waals surface area contributed by atoms with Gasteiger partial charge in [-0.25, -0.2) is 0 Å². The molecule has 1 unspecified atom stereocenters. The molecule has 1 aromatic heterocycles. The molecule has 142 valence electrons. The zero-order valence-corrected chi connectivity index (χ0v) is 15.0. The lowest BCUT2D eigenvalue weighted by atomic mass is 10.0. The Morgan fingerprint density at radius 3 is 2.79 bits per heavy atom. The van der Waals surface area contributed by atoms with Gasteiger partial charge in [0.1, 0.15) is 11.7 Å². The van der Waals surface area contributed by atoms with Crippen LogP contribution in [0, 0.1) is 0 Å². The van der Waals surface area contributed by atoms with Gasteiger partial charge in [0.05, 0.1) is 0 Å². The van der Waals surface area contributed by atoms with Crippen molar-refractivity contribution in [3.63, 3.8) is 0 Å². The lowest BCUT2D eigenvalue weighted by Gasteiger charge is -2.29. The molecule has 3 heterocycles. The average Bonchev–Trinajstić information content (AvgIpc) is 3.04. The molecule has 0 radical (unpaired) electrons. The van der Waals surface area contributed by atoms with Gasteiger partial charge in [0.2, 0.25) is 11.8 Å². The van der Waals surface area contributed by atoms with Crippen molar-refractivity contribution < 1.29 is 19.2 Å². The number of benzene rings is 1. The van der Waals surface area contributed by atoms with Crippen molar-refractivity contribution in [3.8, 4) is 0 Å². The van der Waals surface area contributed by atoms with Crippen molar-refractivity contribution in [3.05, 3.63) is 65.0 Å². The molecular weight excluding hydrogens is 360 g/mol. The second-order valence-electron chi connectivity index (χ2n) is 6.74. The molecule has 0 aliphatic carbocycles. The van der Waals surface area contributed by atoms with Crippen molar-refractivity contribution in [1.29, 1.82) is 0 Å². The molecule has 2 aliphatic rings. The van der Waals surface area contributed by atoms with Gasteiger partial charge in [0.15, 0.2) is 0 Å². The summed E-state index contributed by atoms with van der Waals surface area (Å²) in [6.45, 7) is 0.519. The second-order valence-corrected chi connectivity index (χ2v) is 6.74. The fraction of sp³-hybridized carbons (Fsp3) is 0.250. The van der Waals surface area contributed by atoms with Gasteiger partial charge in [0.25, 0.3) is 11.8 Å². The van der Waals surface area contributed by atoms with Crippen LogP contribution in [0.25, 0.3) is 0 Å². The third-order valence-corrected chi connectivity index (χ3v) is 5.02. The smallest absolute Gasteiger partial charge is 0.270 e. The SMILES string of the molecule is O=C1CCC(N2Cc3c(CNC(=O)c4ccccn4)cccc3C2=O)C(=O)N1. The van der Waals surface area contributed by atoms with E-state index in [2.05, 4.69) is 15.6 Å². The van der Waals surface area contributed by atoms with Crippen molar-refractivity contribution in [2.24, 2.45) is 0 Å². The van der Waals surface area contributed by atoms with E-state index in [0.717, 1.165) is 11.1 Å². The zero-order valence-electron chi connectivity index (χ0n) is 15.0. The van der Waals surface area contributed by atoms with Gasteiger partial charge < -0.3 is 10.2 Å². The highest BCUT2D eigenvalue weighted by molar-refractivity contribution is 6.05. The Morgan fingerprint density at radius 1 is 1.18 bits per heavy atom. The number of aromatic nitrogens is 1. The Kier molecular flexibility index (Phi) is 4.60. The lowest BCUT2D eigenvalue weighted by molar-refractivity contribution is -0.136. The summed E-state index contributed by atoms with van der Waals surface area (Å²) in [7, 11) is 0. The highest BCUT2D eigenvalue weighted by Gasteiger charge is 2.39. The molecule has 28 heavy (non-hydrogen) atoms. The number of hydrogen-bond acceptors (Lipinski definition) is 5. The van der Waals surface area contributed by atoms with Crippen molar-refractivity contribution in [1.82, 2.24) is 20.5 Å². The maximum absolute atomic E-state index is 12.8. The first kappa shape index (κ1) is 17.8. The summed E-state index contributed by atoms with van der Waals surface area (Å²) in [5.74, 6) is -1.29. The Bertz CT molecular complexity index is 973. The molecule has 2 aliphatic heterocycles. The molecule has 2 N–H and O–H groups in total. The summed E-state index contributed by atoms with van der Waals surface area (Å²) in [4.78, 5) is 54.1. The number of carbonyl (C=O) groups excluding carboxylic acids is 4. The summed E-state index contributed by atoms with van der Waals surface area (Å²) in [6, 6.07) is 9.75. The summed E-state index contributed by atoms with van der Waals surface area (Å²) in [6.07, 6.45) is 2.07. The van der Waals surface area contributed by atoms with Gasteiger partial charge in [0, 0.05) is 31.3 Å². The van der Waals surface area contributed by atoms with Crippen LogP contribution in [0.1, 0.15) is 44.8 Å². The van der Waals surface area contributed by atoms with Crippen molar-refractivity contribution >= 4 is 23.6 Å². The Balaban J connectivity index is 1.51. The standard InChI is InChI=1S/C20H18N4O4/c25-17-8-7-16(19(27)23-17)24-11-14-12(4-3-5-13(14)20(24)28)10-22-18(26)15-6-1-2-9-21-15/h1-6,9,16H,7-8,10-11H2,(H,22,26)(H,23,25,27). The normalized spacial score (nSPS) is 18.6. The molecule has 8 nitrogen and oxygen atoms in total. The highest BCUT2D eigenvalue weighted by atomic mass is 16.2. The third-order valence-electron chi connectivity index (χ3n) is 5.02. The van der Waals surface area contributed by atoms with E-state index in [4.69, 9.17) is 0 Å². The minimum Gasteiger partial charge on any atom is -0.347 e. The first-order chi connectivity index (χ1) is 13.5. The molecule has 4 rings (SSSR count). The van der Waals surface area contributed by atoms with E-state index in [1.165, 1.54) is 4.90 Å². The molecule has 8 heteroatoms. The molecule has 0 saturated carbocycles. The third kappa shape index (κ3) is 3.24. The van der Waals surface area contributed by atoms with Crippen LogP contribution >= 0.6 is 0 Å². The Hall–Kier alpha value is -3.55. The van der Waals surface area contributed by atoms with E-state index in [9.17, 15) is 19.2 Å². The first-order valence-electron chi connectivity index (χ1n) is 8.99. The van der Waals surface area contributed by atoms with E-state index in [0.29, 0.717) is 17.7 Å². The summed E-state index contributed by atoms with van der Waals surface area (Å²) in [5.41, 5.74) is 2.44. The number of hydrogen-bond donors (Lipinski definition) is 2. The van der Waals surface area contributed by atoms with Crippen LogP contribution in [-0.4, -0.2) is 39.6 Å². The summed E-state index contributed by atoms with van der Waals surface area (Å²) >= 11 is 0. The minimum atomic E-state index is -0.659. The van der Waals surface area contributed by atoms with Gasteiger partial charge in [-0.3, -0.25) is 29.5 Å². The van der Waals surface area contributed by atoms with E-state index in [1.54, 1.807) is 36.5 Å². The number of imide groups is 1. The van der Waals surface area contributed by atoms with Crippen LogP contribution in [0.5, 0.6) is 0 Å². The number of piperidine rings is 1. The summed E-state index contributed by atoms with van der Waals surface area (Å²) < 4.78 is 0. The molecule has 1 atom stereocenters. The Labute approximate surface area is 160 Å². The van der Waals surface area contributed by atoms with Crippen molar-refractivity contribution in [2.75, 3.05) is 0 Å². The lowest BCUT2D eigenvalue weighted by Crippen LogP contribution is -2.52. The van der Waals surface area contributed by atoms with Gasteiger partial charge in [-0.2, -0.15) is 0 Å². The van der Waals surface area contributed by atoms with Crippen LogP contribution in [0.4, 0.5) is 0 Å². The predicted octanol–water partition coefficient (Wildman–Crippen LogP) is 0.773. The van der Waals surface area contributed by atoms with Gasteiger partial charge in [-0.05, 0) is 35.7 Å². The first-order valence-corrected chi connectivity index (χ1v) is 8.99. The number of pyridine rings is 1. The zero-order chi connectivity index (χ0) is 19.7. The summed E-state index contributed by atoms with van der Waals surface area (Å²) in [5, 5.41) is 5.10. The molecule has 1 saturated heterocycles. The molecule has 0 bridgehead atoms. The molecule has 1 aromatic carbocycles. The molecule has 2 aromatic rings. The monoisotopic (exact) mass is 378 g/mol. The van der Waals surface area contributed by atoms with Crippen LogP contribution in [0.2, 0.25) is 0 Å². The van der Waals surface area contributed by atoms with E-state index in [-0.39, 0.29) is 37.2 Å². The number of fused-ring (bicyclic) bond motifs is 1. The number of amides is 4. The largest absolute Gasteiger partial charge is 0.347 e. The van der Waals surface area contributed by atoms with Crippen LogP contribution in [-0.2, 0) is 22.7 Å². The van der Waals surface area contributed by atoms with Crippen molar-refractivity contribution in [2.45, 2.75) is 32.0 Å².